The Hall–Kier alpha value is -3.40. The highest BCUT2D eigenvalue weighted by molar-refractivity contribution is 5.75. The van der Waals surface area contributed by atoms with E-state index in [2.05, 4.69) is 24.3 Å². The van der Waals surface area contributed by atoms with Crippen LogP contribution in [0.1, 0.15) is 55.0 Å². The number of hydrogen-bond donors (Lipinski definition) is 0. The number of rotatable bonds is 4. The molecule has 1 aliphatic rings. The predicted molar refractivity (Wildman–Crippen MR) is 120 cm³/mol. The number of amides is 1. The van der Waals surface area contributed by atoms with E-state index in [1.54, 1.807) is 6.92 Å². The third kappa shape index (κ3) is 4.38. The molecule has 1 fully saturated rings. The van der Waals surface area contributed by atoms with Crippen molar-refractivity contribution in [3.63, 3.8) is 0 Å². The fraction of sp³-hybridized carbons (Fsp3) is 0.259. The van der Waals surface area contributed by atoms with E-state index >= 15 is 0 Å². The van der Waals surface area contributed by atoms with Crippen molar-refractivity contribution < 1.29 is 14.3 Å². The minimum absolute atomic E-state index is 0.00455. The molecule has 0 spiro atoms. The number of carbonyl (C=O) groups is 2. The molecule has 0 N–H and O–H groups in total. The molecule has 0 saturated carbocycles. The van der Waals surface area contributed by atoms with Gasteiger partial charge in [-0.2, -0.15) is 0 Å². The summed E-state index contributed by atoms with van der Waals surface area (Å²) < 4.78 is 5.91. The van der Waals surface area contributed by atoms with E-state index in [4.69, 9.17) is 4.74 Å². The molecule has 158 valence electrons. The fourth-order valence-electron chi connectivity index (χ4n) is 4.86. The minimum Gasteiger partial charge on any atom is -0.462 e. The largest absolute Gasteiger partial charge is 0.462 e. The molecule has 4 rings (SSSR count). The maximum Gasteiger partial charge on any atom is 0.302 e. The number of ether oxygens (including phenoxy) is 1. The van der Waals surface area contributed by atoms with Gasteiger partial charge in [0.2, 0.25) is 5.91 Å². The maximum atomic E-state index is 13.1. The second-order valence-corrected chi connectivity index (χ2v) is 8.03. The molecule has 4 nitrogen and oxygen atoms in total. The topological polar surface area (TPSA) is 46.6 Å². The average molecular weight is 414 g/mol. The average Bonchev–Trinajstić information content (AvgIpc) is 2.79. The van der Waals surface area contributed by atoms with Gasteiger partial charge in [0, 0.05) is 26.2 Å². The standard InChI is InChI=1S/C27H27NO3/c1-19(29)28-24(21-12-6-3-7-13-21)18-25(31-20(2)30)26(22-14-8-4-9-15-22)27(28)23-16-10-5-11-17-23/h3-17,24-27H,18H2,1-2H3/t24-,25+,26+,27+/m1/s1. The summed E-state index contributed by atoms with van der Waals surface area (Å²) in [5.41, 5.74) is 3.13. The summed E-state index contributed by atoms with van der Waals surface area (Å²) in [6, 6.07) is 29.7. The molecule has 4 atom stereocenters. The van der Waals surface area contributed by atoms with Crippen LogP contribution in [0.4, 0.5) is 0 Å². The highest BCUT2D eigenvalue weighted by Crippen LogP contribution is 2.50. The van der Waals surface area contributed by atoms with Crippen LogP contribution in [-0.4, -0.2) is 22.9 Å². The number of likely N-dealkylation sites (tertiary alicyclic amines) is 1. The molecule has 3 aromatic carbocycles. The van der Waals surface area contributed by atoms with E-state index in [1.807, 2.05) is 71.6 Å². The van der Waals surface area contributed by atoms with Gasteiger partial charge in [0.15, 0.2) is 0 Å². The zero-order chi connectivity index (χ0) is 21.8. The Morgan fingerprint density at radius 3 is 1.71 bits per heavy atom. The van der Waals surface area contributed by atoms with E-state index in [0.717, 1.165) is 16.7 Å². The lowest BCUT2D eigenvalue weighted by atomic mass is 9.74. The fourth-order valence-corrected chi connectivity index (χ4v) is 4.86. The Bertz CT molecular complexity index is 1020. The van der Waals surface area contributed by atoms with Crippen LogP contribution in [0.25, 0.3) is 0 Å². The molecule has 3 aromatic rings. The molecule has 0 aliphatic carbocycles. The second kappa shape index (κ2) is 9.17. The number of nitrogens with zero attached hydrogens (tertiary/aromatic N) is 1. The first-order valence-electron chi connectivity index (χ1n) is 10.7. The second-order valence-electron chi connectivity index (χ2n) is 8.03. The first kappa shape index (κ1) is 20.9. The summed E-state index contributed by atoms with van der Waals surface area (Å²) in [6.45, 7) is 3.08. The molecule has 1 heterocycles. The summed E-state index contributed by atoms with van der Waals surface area (Å²) in [5.74, 6) is -0.470. The molecule has 0 unspecified atom stereocenters. The Labute approximate surface area is 183 Å². The van der Waals surface area contributed by atoms with Gasteiger partial charge in [0.1, 0.15) is 6.10 Å². The van der Waals surface area contributed by atoms with E-state index in [1.165, 1.54) is 6.92 Å². The van der Waals surface area contributed by atoms with E-state index in [-0.39, 0.29) is 36.0 Å². The maximum absolute atomic E-state index is 13.1. The van der Waals surface area contributed by atoms with Gasteiger partial charge in [0.25, 0.3) is 0 Å². The first-order valence-corrected chi connectivity index (χ1v) is 10.7. The molecule has 1 amide bonds. The van der Waals surface area contributed by atoms with E-state index < -0.39 is 0 Å². The van der Waals surface area contributed by atoms with Gasteiger partial charge in [-0.1, -0.05) is 91.0 Å². The molecule has 0 aromatic heterocycles. The smallest absolute Gasteiger partial charge is 0.302 e. The zero-order valence-electron chi connectivity index (χ0n) is 17.8. The van der Waals surface area contributed by atoms with Crippen molar-refractivity contribution in [1.82, 2.24) is 4.90 Å². The van der Waals surface area contributed by atoms with Crippen molar-refractivity contribution in [2.75, 3.05) is 0 Å². The Morgan fingerprint density at radius 2 is 1.23 bits per heavy atom. The SMILES string of the molecule is CC(=O)O[C@H]1C[C@H](c2ccccc2)N(C(C)=O)[C@@H](c2ccccc2)[C@H]1c1ccccc1. The Balaban J connectivity index is 1.91. The molecular weight excluding hydrogens is 386 g/mol. The molecular formula is C27H27NO3. The minimum atomic E-state index is -0.356. The van der Waals surface area contributed by atoms with Crippen molar-refractivity contribution in [3.05, 3.63) is 108 Å². The normalized spacial score (nSPS) is 23.2. The molecule has 1 aliphatic heterocycles. The highest BCUT2D eigenvalue weighted by atomic mass is 16.5. The van der Waals surface area contributed by atoms with Gasteiger partial charge in [-0.15, -0.1) is 0 Å². The number of piperidine rings is 1. The van der Waals surface area contributed by atoms with E-state index in [0.29, 0.717) is 6.42 Å². The molecule has 1 saturated heterocycles. The zero-order valence-corrected chi connectivity index (χ0v) is 17.8. The third-order valence-electron chi connectivity index (χ3n) is 6.02. The predicted octanol–water partition coefficient (Wildman–Crippen LogP) is 5.44. The van der Waals surface area contributed by atoms with Gasteiger partial charge < -0.3 is 9.64 Å². The van der Waals surface area contributed by atoms with Crippen molar-refractivity contribution in [1.29, 1.82) is 0 Å². The van der Waals surface area contributed by atoms with Crippen LogP contribution >= 0.6 is 0 Å². The Kier molecular flexibility index (Phi) is 6.17. The Morgan fingerprint density at radius 1 is 0.742 bits per heavy atom. The van der Waals surface area contributed by atoms with Crippen molar-refractivity contribution in [3.8, 4) is 0 Å². The van der Waals surface area contributed by atoms with Crippen LogP contribution in [0.5, 0.6) is 0 Å². The number of benzene rings is 3. The number of esters is 1. The molecule has 0 bridgehead atoms. The van der Waals surface area contributed by atoms with Gasteiger partial charge in [-0.25, -0.2) is 0 Å². The van der Waals surface area contributed by atoms with Gasteiger partial charge in [-0.05, 0) is 16.7 Å². The lowest BCUT2D eigenvalue weighted by Gasteiger charge is -2.50. The van der Waals surface area contributed by atoms with Crippen LogP contribution in [0.2, 0.25) is 0 Å². The number of hydrogen-bond acceptors (Lipinski definition) is 3. The molecule has 31 heavy (non-hydrogen) atoms. The quantitative estimate of drug-likeness (QED) is 0.535. The van der Waals surface area contributed by atoms with Gasteiger partial charge in [-0.3, -0.25) is 9.59 Å². The van der Waals surface area contributed by atoms with Crippen molar-refractivity contribution in [2.24, 2.45) is 0 Å². The van der Waals surface area contributed by atoms with Crippen LogP contribution in [0.15, 0.2) is 91.0 Å². The molecule has 0 radical (unpaired) electrons. The third-order valence-corrected chi connectivity index (χ3v) is 6.02. The summed E-state index contributed by atoms with van der Waals surface area (Å²) >= 11 is 0. The molecule has 4 heteroatoms. The van der Waals surface area contributed by atoms with Crippen molar-refractivity contribution in [2.45, 2.75) is 44.4 Å². The van der Waals surface area contributed by atoms with E-state index in [9.17, 15) is 9.59 Å². The monoisotopic (exact) mass is 413 g/mol. The van der Waals surface area contributed by atoms with Gasteiger partial charge >= 0.3 is 5.97 Å². The highest BCUT2D eigenvalue weighted by Gasteiger charge is 2.47. The van der Waals surface area contributed by atoms with Gasteiger partial charge in [0.05, 0.1) is 12.1 Å². The summed E-state index contributed by atoms with van der Waals surface area (Å²) in [5, 5.41) is 0. The first-order chi connectivity index (χ1) is 15.1. The lowest BCUT2D eigenvalue weighted by molar-refractivity contribution is -0.157. The summed E-state index contributed by atoms with van der Waals surface area (Å²) in [7, 11) is 0. The van der Waals surface area contributed by atoms with Crippen LogP contribution < -0.4 is 0 Å². The summed E-state index contributed by atoms with van der Waals surface area (Å²) in [6.07, 6.45) is 0.192. The lowest BCUT2D eigenvalue weighted by Crippen LogP contribution is -2.49. The van der Waals surface area contributed by atoms with Crippen LogP contribution in [0, 0.1) is 0 Å². The van der Waals surface area contributed by atoms with Crippen LogP contribution in [0.3, 0.4) is 0 Å². The number of carbonyl (C=O) groups excluding carboxylic acids is 2. The van der Waals surface area contributed by atoms with Crippen molar-refractivity contribution >= 4 is 11.9 Å². The summed E-state index contributed by atoms with van der Waals surface area (Å²) in [4.78, 5) is 27.2. The van der Waals surface area contributed by atoms with Crippen LogP contribution in [-0.2, 0) is 14.3 Å².